The average molecular weight is 280 g/mol. The largest absolute Gasteiger partial charge is 0.465 e. The van der Waals surface area contributed by atoms with Gasteiger partial charge in [-0.1, -0.05) is 23.2 Å². The van der Waals surface area contributed by atoms with Crippen LogP contribution in [0.3, 0.4) is 0 Å². The van der Waals surface area contributed by atoms with Crippen LogP contribution in [-0.2, 0) is 9.53 Å². The zero-order valence-electron chi connectivity index (χ0n) is 8.63. The Labute approximate surface area is 108 Å². The highest BCUT2D eigenvalue weighted by atomic mass is 35.5. The maximum atomic E-state index is 11.1. The van der Waals surface area contributed by atoms with Gasteiger partial charge in [0, 0.05) is 10.6 Å². The maximum absolute atomic E-state index is 11.1. The molecule has 1 aromatic carbocycles. The normalized spacial score (nSPS) is 10.2. The highest BCUT2D eigenvalue weighted by Crippen LogP contribution is 2.33. The predicted molar refractivity (Wildman–Crippen MR) is 68.2 cm³/mol. The van der Waals surface area contributed by atoms with Crippen LogP contribution in [-0.4, -0.2) is 18.3 Å². The topological polar surface area (TPSA) is 52.3 Å². The molecule has 0 amide bonds. The van der Waals surface area contributed by atoms with Crippen molar-refractivity contribution in [2.75, 3.05) is 18.1 Å². The molecule has 16 heavy (non-hydrogen) atoms. The molecule has 0 spiro atoms. The molecule has 1 aromatic rings. The number of anilines is 1. The summed E-state index contributed by atoms with van der Waals surface area (Å²) in [6.07, 6.45) is 0. The summed E-state index contributed by atoms with van der Waals surface area (Å²) in [6.45, 7) is 2.13. The minimum absolute atomic E-state index is 0.204. The molecule has 6 heteroatoms. The molecule has 0 saturated heterocycles. The van der Waals surface area contributed by atoms with E-state index in [4.69, 9.17) is 33.7 Å². The third-order valence-corrected chi connectivity index (χ3v) is 3.47. The van der Waals surface area contributed by atoms with Crippen LogP contribution in [0.25, 0.3) is 0 Å². The Hall–Kier alpha value is -0.580. The first-order chi connectivity index (χ1) is 7.54. The van der Waals surface area contributed by atoms with Crippen molar-refractivity contribution >= 4 is 46.6 Å². The molecule has 0 bridgehead atoms. The van der Waals surface area contributed by atoms with Gasteiger partial charge < -0.3 is 10.5 Å². The number of nitrogens with two attached hydrogens (primary N) is 1. The zero-order valence-corrected chi connectivity index (χ0v) is 11.0. The van der Waals surface area contributed by atoms with Crippen molar-refractivity contribution in [1.82, 2.24) is 0 Å². The van der Waals surface area contributed by atoms with Gasteiger partial charge in [-0.25, -0.2) is 0 Å². The number of carbonyl (C=O) groups is 1. The van der Waals surface area contributed by atoms with Crippen LogP contribution in [0.15, 0.2) is 17.0 Å². The molecule has 0 aliphatic heterocycles. The molecular formula is C10H11Cl2NO2S. The third kappa shape index (κ3) is 3.77. The van der Waals surface area contributed by atoms with Crippen LogP contribution in [0.2, 0.25) is 10.0 Å². The molecule has 0 fully saturated rings. The Bertz CT molecular complexity index is 399. The zero-order chi connectivity index (χ0) is 12.1. The van der Waals surface area contributed by atoms with E-state index in [1.54, 1.807) is 19.1 Å². The quantitative estimate of drug-likeness (QED) is 0.522. The highest BCUT2D eigenvalue weighted by molar-refractivity contribution is 8.00. The lowest BCUT2D eigenvalue weighted by atomic mass is 10.3. The second-order valence-electron chi connectivity index (χ2n) is 2.90. The molecule has 0 atom stereocenters. The lowest BCUT2D eigenvalue weighted by Crippen LogP contribution is -2.06. The van der Waals surface area contributed by atoms with Gasteiger partial charge in [0.05, 0.1) is 22.4 Å². The molecule has 2 N–H and O–H groups in total. The summed E-state index contributed by atoms with van der Waals surface area (Å²) in [6, 6.07) is 3.21. The fourth-order valence-corrected chi connectivity index (χ4v) is 2.19. The number of carbonyl (C=O) groups excluding carboxylic acids is 1. The van der Waals surface area contributed by atoms with Gasteiger partial charge >= 0.3 is 5.97 Å². The summed E-state index contributed by atoms with van der Waals surface area (Å²) in [4.78, 5) is 11.9. The molecule has 0 unspecified atom stereocenters. The van der Waals surface area contributed by atoms with Crippen molar-refractivity contribution in [2.45, 2.75) is 11.8 Å². The number of rotatable bonds is 4. The molecule has 3 nitrogen and oxygen atoms in total. The number of esters is 1. The first-order valence-electron chi connectivity index (χ1n) is 4.57. The summed E-state index contributed by atoms with van der Waals surface area (Å²) in [5.41, 5.74) is 6.24. The molecule has 0 heterocycles. The molecule has 88 valence electrons. The second kappa shape index (κ2) is 6.23. The van der Waals surface area contributed by atoms with E-state index in [-0.39, 0.29) is 11.7 Å². The Morgan fingerprint density at radius 3 is 2.69 bits per heavy atom. The number of hydrogen-bond donors (Lipinski definition) is 1. The Morgan fingerprint density at radius 1 is 1.44 bits per heavy atom. The SMILES string of the molecule is CCOC(=O)CSc1cc(Cl)c(Cl)cc1N. The summed E-state index contributed by atoms with van der Waals surface area (Å²) in [5, 5.41) is 0.821. The van der Waals surface area contributed by atoms with Gasteiger partial charge in [-0.15, -0.1) is 11.8 Å². The Balaban J connectivity index is 2.67. The van der Waals surface area contributed by atoms with Gasteiger partial charge in [0.15, 0.2) is 0 Å². The fraction of sp³-hybridized carbons (Fsp3) is 0.300. The molecule has 1 rings (SSSR count). The lowest BCUT2D eigenvalue weighted by Gasteiger charge is -2.06. The van der Waals surface area contributed by atoms with Crippen LogP contribution in [0, 0.1) is 0 Å². The van der Waals surface area contributed by atoms with Crippen molar-refractivity contribution in [3.05, 3.63) is 22.2 Å². The number of halogens is 2. The highest BCUT2D eigenvalue weighted by Gasteiger charge is 2.08. The van der Waals surface area contributed by atoms with E-state index in [1.807, 2.05) is 0 Å². The van der Waals surface area contributed by atoms with Crippen molar-refractivity contribution in [1.29, 1.82) is 0 Å². The van der Waals surface area contributed by atoms with E-state index in [0.717, 1.165) is 4.90 Å². The van der Waals surface area contributed by atoms with Crippen molar-refractivity contribution < 1.29 is 9.53 Å². The van der Waals surface area contributed by atoms with Gasteiger partial charge in [-0.2, -0.15) is 0 Å². The van der Waals surface area contributed by atoms with Crippen molar-refractivity contribution in [3.63, 3.8) is 0 Å². The van der Waals surface area contributed by atoms with Crippen molar-refractivity contribution in [2.24, 2.45) is 0 Å². The van der Waals surface area contributed by atoms with Crippen LogP contribution < -0.4 is 5.73 Å². The molecule has 0 aliphatic rings. The first-order valence-corrected chi connectivity index (χ1v) is 6.31. The average Bonchev–Trinajstić information content (AvgIpc) is 2.22. The van der Waals surface area contributed by atoms with E-state index in [9.17, 15) is 4.79 Å². The van der Waals surface area contributed by atoms with Crippen LogP contribution in [0.1, 0.15) is 6.92 Å². The van der Waals surface area contributed by atoms with E-state index in [1.165, 1.54) is 11.8 Å². The van der Waals surface area contributed by atoms with Gasteiger partial charge in [0.25, 0.3) is 0 Å². The number of thioether (sulfide) groups is 1. The van der Waals surface area contributed by atoms with E-state index in [0.29, 0.717) is 22.3 Å². The molecular weight excluding hydrogens is 269 g/mol. The van der Waals surface area contributed by atoms with Gasteiger partial charge in [0.1, 0.15) is 0 Å². The van der Waals surface area contributed by atoms with E-state index in [2.05, 4.69) is 0 Å². The van der Waals surface area contributed by atoms with Crippen molar-refractivity contribution in [3.8, 4) is 0 Å². The van der Waals surface area contributed by atoms with E-state index < -0.39 is 0 Å². The molecule has 0 saturated carbocycles. The first kappa shape index (κ1) is 13.5. The van der Waals surface area contributed by atoms with Gasteiger partial charge in [-0.3, -0.25) is 4.79 Å². The maximum Gasteiger partial charge on any atom is 0.316 e. The van der Waals surface area contributed by atoms with Gasteiger partial charge in [-0.05, 0) is 19.1 Å². The lowest BCUT2D eigenvalue weighted by molar-refractivity contribution is -0.139. The number of benzene rings is 1. The Kier molecular flexibility index (Phi) is 5.25. The standard InChI is InChI=1S/C10H11Cl2NO2S/c1-2-15-10(14)5-16-9-4-7(12)6(11)3-8(9)13/h3-4H,2,5,13H2,1H3. The minimum atomic E-state index is -0.280. The number of hydrogen-bond acceptors (Lipinski definition) is 4. The smallest absolute Gasteiger partial charge is 0.316 e. The van der Waals surface area contributed by atoms with Gasteiger partial charge in [0.2, 0.25) is 0 Å². The Morgan fingerprint density at radius 2 is 2.06 bits per heavy atom. The fourth-order valence-electron chi connectivity index (χ4n) is 1.01. The number of nitrogen functional groups attached to an aromatic ring is 1. The number of ether oxygens (including phenoxy) is 1. The minimum Gasteiger partial charge on any atom is -0.465 e. The monoisotopic (exact) mass is 279 g/mol. The van der Waals surface area contributed by atoms with Crippen LogP contribution in [0.5, 0.6) is 0 Å². The molecule has 0 radical (unpaired) electrons. The van der Waals surface area contributed by atoms with Crippen LogP contribution >= 0.6 is 35.0 Å². The van der Waals surface area contributed by atoms with E-state index >= 15 is 0 Å². The summed E-state index contributed by atoms with van der Waals surface area (Å²) >= 11 is 12.9. The third-order valence-electron chi connectivity index (χ3n) is 1.70. The molecule has 0 aliphatic carbocycles. The summed E-state index contributed by atoms with van der Waals surface area (Å²) in [5.74, 6) is -0.0753. The predicted octanol–water partition coefficient (Wildman–Crippen LogP) is 3.23. The second-order valence-corrected chi connectivity index (χ2v) is 4.73. The summed E-state index contributed by atoms with van der Waals surface area (Å²) in [7, 11) is 0. The van der Waals surface area contributed by atoms with Crippen LogP contribution in [0.4, 0.5) is 5.69 Å². The summed E-state index contributed by atoms with van der Waals surface area (Å²) < 4.78 is 4.80. The molecule has 0 aromatic heterocycles.